The number of pyridine rings is 1. The number of hydrogen-bond donors (Lipinski definition) is 1. The molecular formula is C18H14N2O. The number of nitrogens with zero attached hydrogens (tertiary/aromatic N) is 1. The SMILES string of the molecule is Cc1ccccc1-c1cnc2[nH]cc(-c3ccoc3)c2c1. The molecule has 0 saturated carbocycles. The van der Waals surface area contributed by atoms with Gasteiger partial charge in [-0.25, -0.2) is 4.98 Å². The molecule has 0 aliphatic heterocycles. The van der Waals surface area contributed by atoms with Gasteiger partial charge in [0, 0.05) is 34.5 Å². The lowest BCUT2D eigenvalue weighted by molar-refractivity contribution is 0.568. The van der Waals surface area contributed by atoms with Crippen molar-refractivity contribution in [1.29, 1.82) is 0 Å². The molecule has 0 amide bonds. The van der Waals surface area contributed by atoms with Gasteiger partial charge in [0.25, 0.3) is 0 Å². The van der Waals surface area contributed by atoms with Crippen LogP contribution in [0.2, 0.25) is 0 Å². The van der Waals surface area contributed by atoms with Crippen molar-refractivity contribution in [2.24, 2.45) is 0 Å². The van der Waals surface area contributed by atoms with E-state index in [-0.39, 0.29) is 0 Å². The van der Waals surface area contributed by atoms with Crippen molar-refractivity contribution in [2.75, 3.05) is 0 Å². The zero-order valence-corrected chi connectivity index (χ0v) is 11.6. The fourth-order valence-electron chi connectivity index (χ4n) is 2.70. The van der Waals surface area contributed by atoms with Crippen LogP contribution in [0.3, 0.4) is 0 Å². The molecule has 0 bridgehead atoms. The Kier molecular flexibility index (Phi) is 2.64. The van der Waals surface area contributed by atoms with Gasteiger partial charge in [0.2, 0.25) is 0 Å². The van der Waals surface area contributed by atoms with E-state index < -0.39 is 0 Å². The van der Waals surface area contributed by atoms with Crippen LogP contribution in [0, 0.1) is 6.92 Å². The molecule has 0 atom stereocenters. The summed E-state index contributed by atoms with van der Waals surface area (Å²) in [6, 6.07) is 12.5. The Balaban J connectivity index is 1.94. The Morgan fingerprint density at radius 3 is 2.76 bits per heavy atom. The average Bonchev–Trinajstić information content (AvgIpc) is 3.16. The smallest absolute Gasteiger partial charge is 0.137 e. The summed E-state index contributed by atoms with van der Waals surface area (Å²) in [5.41, 5.74) is 6.66. The molecule has 21 heavy (non-hydrogen) atoms. The topological polar surface area (TPSA) is 41.8 Å². The van der Waals surface area contributed by atoms with Crippen molar-refractivity contribution in [3.05, 3.63) is 66.9 Å². The molecule has 3 heterocycles. The fourth-order valence-corrected chi connectivity index (χ4v) is 2.70. The first-order valence-corrected chi connectivity index (χ1v) is 6.88. The lowest BCUT2D eigenvalue weighted by Crippen LogP contribution is -1.85. The van der Waals surface area contributed by atoms with Gasteiger partial charge >= 0.3 is 0 Å². The van der Waals surface area contributed by atoms with Gasteiger partial charge in [-0.2, -0.15) is 0 Å². The lowest BCUT2D eigenvalue weighted by Gasteiger charge is -2.05. The summed E-state index contributed by atoms with van der Waals surface area (Å²) in [6.45, 7) is 2.12. The van der Waals surface area contributed by atoms with E-state index in [2.05, 4.69) is 47.2 Å². The Bertz CT molecular complexity index is 904. The van der Waals surface area contributed by atoms with Gasteiger partial charge in [0.1, 0.15) is 5.65 Å². The van der Waals surface area contributed by atoms with Crippen LogP contribution in [0.1, 0.15) is 5.56 Å². The molecule has 102 valence electrons. The van der Waals surface area contributed by atoms with E-state index in [0.29, 0.717) is 0 Å². The predicted molar refractivity (Wildman–Crippen MR) is 84.0 cm³/mol. The molecule has 0 saturated heterocycles. The monoisotopic (exact) mass is 274 g/mol. The number of fused-ring (bicyclic) bond motifs is 1. The predicted octanol–water partition coefficient (Wildman–Crippen LogP) is 4.80. The van der Waals surface area contributed by atoms with Gasteiger partial charge in [0.15, 0.2) is 0 Å². The Labute approximate surface area is 122 Å². The molecule has 0 aliphatic carbocycles. The first-order chi connectivity index (χ1) is 10.3. The number of nitrogens with one attached hydrogen (secondary N) is 1. The summed E-state index contributed by atoms with van der Waals surface area (Å²) < 4.78 is 5.19. The molecule has 0 aliphatic rings. The van der Waals surface area contributed by atoms with Crippen LogP contribution in [-0.2, 0) is 0 Å². The maximum atomic E-state index is 5.19. The highest BCUT2D eigenvalue weighted by molar-refractivity contribution is 5.95. The molecule has 1 N–H and O–H groups in total. The molecule has 4 rings (SSSR count). The van der Waals surface area contributed by atoms with Gasteiger partial charge in [-0.1, -0.05) is 24.3 Å². The van der Waals surface area contributed by atoms with E-state index in [1.165, 1.54) is 11.1 Å². The second-order valence-electron chi connectivity index (χ2n) is 5.15. The van der Waals surface area contributed by atoms with E-state index in [1.807, 2.05) is 18.5 Å². The third kappa shape index (κ3) is 1.94. The zero-order valence-electron chi connectivity index (χ0n) is 11.6. The maximum absolute atomic E-state index is 5.19. The second-order valence-corrected chi connectivity index (χ2v) is 5.15. The highest BCUT2D eigenvalue weighted by atomic mass is 16.3. The van der Waals surface area contributed by atoms with Gasteiger partial charge in [-0.3, -0.25) is 0 Å². The molecule has 1 aromatic carbocycles. The highest BCUT2D eigenvalue weighted by Gasteiger charge is 2.10. The van der Waals surface area contributed by atoms with Crippen LogP contribution in [0.15, 0.2) is 65.7 Å². The van der Waals surface area contributed by atoms with Crippen LogP contribution >= 0.6 is 0 Å². The Morgan fingerprint density at radius 2 is 1.95 bits per heavy atom. The van der Waals surface area contributed by atoms with Crippen LogP contribution in [-0.4, -0.2) is 9.97 Å². The first kappa shape index (κ1) is 12.0. The number of aromatic nitrogens is 2. The van der Waals surface area contributed by atoms with Crippen LogP contribution in [0.5, 0.6) is 0 Å². The standard InChI is InChI=1S/C18H14N2O/c1-12-4-2-3-5-15(12)14-8-16-17(13-6-7-21-11-13)10-20-18(16)19-9-14/h2-11H,1H3,(H,19,20). The van der Waals surface area contributed by atoms with Crippen LogP contribution < -0.4 is 0 Å². The number of furan rings is 1. The normalized spacial score (nSPS) is 11.1. The van der Waals surface area contributed by atoms with Crippen LogP contribution in [0.25, 0.3) is 33.3 Å². The summed E-state index contributed by atoms with van der Waals surface area (Å²) in [6.07, 6.45) is 7.33. The average molecular weight is 274 g/mol. The van der Waals surface area contributed by atoms with Crippen molar-refractivity contribution < 1.29 is 4.42 Å². The molecule has 3 nitrogen and oxygen atoms in total. The number of aromatic amines is 1. The first-order valence-electron chi connectivity index (χ1n) is 6.88. The van der Waals surface area contributed by atoms with Crippen molar-refractivity contribution in [2.45, 2.75) is 6.92 Å². The quantitative estimate of drug-likeness (QED) is 0.570. The largest absolute Gasteiger partial charge is 0.472 e. The maximum Gasteiger partial charge on any atom is 0.137 e. The molecule has 0 unspecified atom stereocenters. The third-order valence-corrected chi connectivity index (χ3v) is 3.82. The van der Waals surface area contributed by atoms with E-state index >= 15 is 0 Å². The number of rotatable bonds is 2. The van der Waals surface area contributed by atoms with Crippen molar-refractivity contribution in [3.8, 4) is 22.3 Å². The molecule has 3 aromatic heterocycles. The summed E-state index contributed by atoms with van der Waals surface area (Å²) >= 11 is 0. The minimum atomic E-state index is 0.892. The zero-order chi connectivity index (χ0) is 14.2. The van der Waals surface area contributed by atoms with Gasteiger partial charge in [-0.15, -0.1) is 0 Å². The molecule has 0 radical (unpaired) electrons. The van der Waals surface area contributed by atoms with Gasteiger partial charge in [-0.05, 0) is 30.2 Å². The number of hydrogen-bond acceptors (Lipinski definition) is 2. The van der Waals surface area contributed by atoms with E-state index in [0.717, 1.165) is 27.7 Å². The molecule has 3 heteroatoms. The molecular weight excluding hydrogens is 260 g/mol. The van der Waals surface area contributed by atoms with E-state index in [4.69, 9.17) is 4.42 Å². The minimum Gasteiger partial charge on any atom is -0.472 e. The number of H-pyrrole nitrogens is 1. The molecule has 0 spiro atoms. The highest BCUT2D eigenvalue weighted by Crippen LogP contribution is 2.31. The van der Waals surface area contributed by atoms with Crippen LogP contribution in [0.4, 0.5) is 0 Å². The third-order valence-electron chi connectivity index (χ3n) is 3.82. The summed E-state index contributed by atoms with van der Waals surface area (Å²) in [7, 11) is 0. The van der Waals surface area contributed by atoms with Gasteiger partial charge < -0.3 is 9.40 Å². The van der Waals surface area contributed by atoms with E-state index in [1.54, 1.807) is 12.5 Å². The van der Waals surface area contributed by atoms with Crippen molar-refractivity contribution >= 4 is 11.0 Å². The van der Waals surface area contributed by atoms with Crippen molar-refractivity contribution in [1.82, 2.24) is 9.97 Å². The molecule has 4 aromatic rings. The fraction of sp³-hybridized carbons (Fsp3) is 0.0556. The Morgan fingerprint density at radius 1 is 1.05 bits per heavy atom. The molecule has 0 fully saturated rings. The summed E-state index contributed by atoms with van der Waals surface area (Å²) in [4.78, 5) is 7.76. The summed E-state index contributed by atoms with van der Waals surface area (Å²) in [5.74, 6) is 0. The van der Waals surface area contributed by atoms with Gasteiger partial charge in [0.05, 0.1) is 12.5 Å². The summed E-state index contributed by atoms with van der Waals surface area (Å²) in [5, 5.41) is 1.11. The Hall–Kier alpha value is -2.81. The number of benzene rings is 1. The van der Waals surface area contributed by atoms with Crippen molar-refractivity contribution in [3.63, 3.8) is 0 Å². The van der Waals surface area contributed by atoms with E-state index in [9.17, 15) is 0 Å². The second kappa shape index (κ2) is 4.63. The minimum absolute atomic E-state index is 0.892. The number of aryl methyl sites for hydroxylation is 1. The lowest BCUT2D eigenvalue weighted by atomic mass is 10.0.